The van der Waals surface area contributed by atoms with E-state index in [0.717, 1.165) is 76.9 Å². The Labute approximate surface area is 257 Å². The third-order valence-corrected chi connectivity index (χ3v) is 11.8. The zero-order chi connectivity index (χ0) is 29.8. The van der Waals surface area contributed by atoms with Gasteiger partial charge in [-0.3, -0.25) is 4.90 Å². The molecule has 0 radical (unpaired) electrons. The number of thiophene rings is 1. The predicted molar refractivity (Wildman–Crippen MR) is 166 cm³/mol. The lowest BCUT2D eigenvalue weighted by Crippen LogP contribution is -2.59. The maximum Gasteiger partial charge on any atom is 0.320 e. The first kappa shape index (κ1) is 28.6. The van der Waals surface area contributed by atoms with Crippen LogP contribution in [-0.2, 0) is 16.6 Å². The summed E-state index contributed by atoms with van der Waals surface area (Å²) in [5.74, 6) is 1.15. The smallest absolute Gasteiger partial charge is 0.320 e. The van der Waals surface area contributed by atoms with E-state index < -0.39 is 0 Å². The van der Waals surface area contributed by atoms with Gasteiger partial charge in [0, 0.05) is 60.5 Å². The maximum absolute atomic E-state index is 10.4. The van der Waals surface area contributed by atoms with Gasteiger partial charge in [-0.25, -0.2) is 0 Å². The van der Waals surface area contributed by atoms with Gasteiger partial charge in [0.15, 0.2) is 11.6 Å². The average molecular weight is 604 g/mol. The lowest BCUT2D eigenvalue weighted by Gasteiger charge is -2.49. The van der Waals surface area contributed by atoms with Crippen molar-refractivity contribution in [3.63, 3.8) is 0 Å². The SMILES string of the molecule is CN(C)C1(CNc2nc(OCC3(CN4CCOCC4)CC3)nc(N3CC4(CCc5sc(N)c(C#N)c54)C3)c2C#N)CCC1. The van der Waals surface area contributed by atoms with E-state index in [1.54, 1.807) is 11.3 Å². The largest absolute Gasteiger partial charge is 0.463 e. The molecule has 2 aromatic rings. The number of nitrogens with two attached hydrogens (primary N) is 1. The van der Waals surface area contributed by atoms with Gasteiger partial charge in [0.2, 0.25) is 0 Å². The van der Waals surface area contributed by atoms with Crippen LogP contribution in [0, 0.1) is 28.1 Å². The van der Waals surface area contributed by atoms with Crippen molar-refractivity contribution in [3.8, 4) is 18.1 Å². The second-order valence-corrected chi connectivity index (χ2v) is 14.7. The first-order valence-corrected chi connectivity index (χ1v) is 16.3. The van der Waals surface area contributed by atoms with E-state index in [4.69, 9.17) is 25.2 Å². The molecular weight excluding hydrogens is 562 g/mol. The van der Waals surface area contributed by atoms with Crippen molar-refractivity contribution in [2.45, 2.75) is 55.9 Å². The Kier molecular flexibility index (Phi) is 7.17. The highest BCUT2D eigenvalue weighted by molar-refractivity contribution is 7.16. The first-order valence-electron chi connectivity index (χ1n) is 15.5. The Balaban J connectivity index is 1.15. The summed E-state index contributed by atoms with van der Waals surface area (Å²) in [5.41, 5.74) is 8.47. The minimum atomic E-state index is -0.127. The summed E-state index contributed by atoms with van der Waals surface area (Å²) >= 11 is 1.55. The molecule has 3 aliphatic carbocycles. The van der Waals surface area contributed by atoms with Gasteiger partial charge in [-0.2, -0.15) is 20.5 Å². The highest BCUT2D eigenvalue weighted by Gasteiger charge is 2.52. The molecular formula is C31H41N9O2S. The monoisotopic (exact) mass is 603 g/mol. The number of hydrogen-bond donors (Lipinski definition) is 2. The number of anilines is 3. The zero-order valence-corrected chi connectivity index (χ0v) is 26.1. The molecule has 4 heterocycles. The van der Waals surface area contributed by atoms with Crippen LogP contribution >= 0.6 is 11.3 Å². The third kappa shape index (κ3) is 4.98. The molecule has 2 saturated heterocycles. The molecule has 2 saturated carbocycles. The van der Waals surface area contributed by atoms with Crippen LogP contribution in [0.1, 0.15) is 60.1 Å². The first-order chi connectivity index (χ1) is 20.8. The molecule has 0 unspecified atom stereocenters. The Morgan fingerprint density at radius 3 is 2.44 bits per heavy atom. The molecule has 7 rings (SSSR count). The van der Waals surface area contributed by atoms with Gasteiger partial charge in [-0.15, -0.1) is 11.3 Å². The molecule has 0 aromatic carbocycles. The van der Waals surface area contributed by atoms with Crippen molar-refractivity contribution in [1.82, 2.24) is 19.8 Å². The Morgan fingerprint density at radius 1 is 1.07 bits per heavy atom. The second-order valence-electron chi connectivity index (χ2n) is 13.6. The zero-order valence-electron chi connectivity index (χ0n) is 25.2. The number of nitrogens with zero attached hydrogens (tertiary/aromatic N) is 7. The standard InChI is InChI=1S/C31H41N9O2S/c1-38(2)31(5-3-6-31)16-35-26-22(15-33)27(40-18-30(19-40)7-4-23-24(30)21(14-32)25(34)43-23)37-28(36-26)42-20-29(8-9-29)17-39-10-12-41-13-11-39/h3-13,16-20,34H2,1-2H3,(H,35,36,37). The number of morpholine rings is 1. The normalized spacial score (nSPS) is 22.8. The molecule has 0 bridgehead atoms. The van der Waals surface area contributed by atoms with Crippen molar-refractivity contribution in [1.29, 1.82) is 10.5 Å². The molecule has 3 N–H and O–H groups in total. The number of fused-ring (bicyclic) bond motifs is 2. The fourth-order valence-electron chi connectivity index (χ4n) is 7.52. The van der Waals surface area contributed by atoms with Crippen molar-refractivity contribution >= 4 is 28.0 Å². The molecule has 43 heavy (non-hydrogen) atoms. The molecule has 0 amide bonds. The van der Waals surface area contributed by atoms with Crippen molar-refractivity contribution in [2.24, 2.45) is 5.41 Å². The van der Waals surface area contributed by atoms with Gasteiger partial charge in [0.25, 0.3) is 0 Å². The molecule has 4 fully saturated rings. The lowest BCUT2D eigenvalue weighted by molar-refractivity contribution is 0.0231. The van der Waals surface area contributed by atoms with Crippen LogP contribution < -0.4 is 20.7 Å². The summed E-state index contributed by atoms with van der Waals surface area (Å²) in [4.78, 5) is 17.8. The number of rotatable bonds is 10. The van der Waals surface area contributed by atoms with E-state index in [9.17, 15) is 10.5 Å². The highest BCUT2D eigenvalue weighted by Crippen LogP contribution is 2.53. The number of nitrogens with one attached hydrogen (secondary N) is 1. The number of likely N-dealkylation sites (N-methyl/N-ethyl adjacent to an activating group) is 1. The average Bonchev–Trinajstić information content (AvgIpc) is 3.50. The van der Waals surface area contributed by atoms with E-state index in [1.165, 1.54) is 11.3 Å². The molecule has 228 valence electrons. The maximum atomic E-state index is 10.4. The minimum Gasteiger partial charge on any atom is -0.463 e. The van der Waals surface area contributed by atoms with Gasteiger partial charge < -0.3 is 30.3 Å². The molecule has 2 aliphatic heterocycles. The predicted octanol–water partition coefficient (Wildman–Crippen LogP) is 2.96. The number of nitrogen functional groups attached to an aromatic ring is 1. The van der Waals surface area contributed by atoms with Crippen LogP contribution in [0.2, 0.25) is 0 Å². The minimum absolute atomic E-state index is 0.0583. The lowest BCUT2D eigenvalue weighted by atomic mass is 9.74. The van der Waals surface area contributed by atoms with Crippen LogP contribution in [-0.4, -0.2) is 98.5 Å². The van der Waals surface area contributed by atoms with E-state index in [2.05, 4.69) is 46.3 Å². The van der Waals surface area contributed by atoms with Crippen LogP contribution in [0.3, 0.4) is 0 Å². The van der Waals surface area contributed by atoms with Gasteiger partial charge in [-0.05, 0) is 64.6 Å². The topological polar surface area (TPSA) is 140 Å². The molecule has 1 spiro atoms. The summed E-state index contributed by atoms with van der Waals surface area (Å²) in [5, 5.41) is 24.4. The van der Waals surface area contributed by atoms with Gasteiger partial charge in [-0.1, -0.05) is 0 Å². The summed E-state index contributed by atoms with van der Waals surface area (Å²) in [6, 6.07) is 5.10. The van der Waals surface area contributed by atoms with Crippen molar-refractivity contribution in [3.05, 3.63) is 21.6 Å². The molecule has 12 heteroatoms. The molecule has 11 nitrogen and oxygen atoms in total. The summed E-state index contributed by atoms with van der Waals surface area (Å²) in [7, 11) is 4.25. The summed E-state index contributed by atoms with van der Waals surface area (Å²) in [6.07, 6.45) is 7.61. The van der Waals surface area contributed by atoms with E-state index in [1.807, 2.05) is 0 Å². The quantitative estimate of drug-likeness (QED) is 0.414. The van der Waals surface area contributed by atoms with Crippen LogP contribution in [0.4, 0.5) is 16.6 Å². The fourth-order valence-corrected chi connectivity index (χ4v) is 8.66. The number of aryl methyl sites for hydroxylation is 1. The van der Waals surface area contributed by atoms with E-state index in [0.29, 0.717) is 60.0 Å². The van der Waals surface area contributed by atoms with Crippen molar-refractivity contribution in [2.75, 3.05) is 89.1 Å². The molecule has 2 aromatic heterocycles. The number of hydrogen-bond acceptors (Lipinski definition) is 12. The number of ether oxygens (including phenoxy) is 2. The molecule has 5 aliphatic rings. The van der Waals surface area contributed by atoms with Crippen molar-refractivity contribution < 1.29 is 9.47 Å². The van der Waals surface area contributed by atoms with Gasteiger partial charge in [0.05, 0.1) is 25.4 Å². The Morgan fingerprint density at radius 2 is 1.81 bits per heavy atom. The van der Waals surface area contributed by atoms with Crippen LogP contribution in [0.25, 0.3) is 0 Å². The Bertz CT molecular complexity index is 1470. The summed E-state index contributed by atoms with van der Waals surface area (Å²) in [6.45, 7) is 7.14. The Hall–Kier alpha value is -3.16. The van der Waals surface area contributed by atoms with E-state index >= 15 is 0 Å². The number of aromatic nitrogens is 2. The van der Waals surface area contributed by atoms with Gasteiger partial charge in [0.1, 0.15) is 22.7 Å². The van der Waals surface area contributed by atoms with Crippen LogP contribution in [0.15, 0.2) is 0 Å². The second kappa shape index (κ2) is 10.8. The highest BCUT2D eigenvalue weighted by atomic mass is 32.1. The van der Waals surface area contributed by atoms with E-state index in [-0.39, 0.29) is 16.4 Å². The third-order valence-electron chi connectivity index (χ3n) is 10.7. The van der Waals surface area contributed by atoms with Gasteiger partial charge >= 0.3 is 6.01 Å². The number of nitriles is 2. The fraction of sp³-hybridized carbons (Fsp3) is 0.677. The van der Waals surface area contributed by atoms with Crippen LogP contribution in [0.5, 0.6) is 6.01 Å². The summed E-state index contributed by atoms with van der Waals surface area (Å²) < 4.78 is 11.9. The molecule has 0 atom stereocenters.